The number of hydrogen-bond donors (Lipinski definition) is 1. The Hall–Kier alpha value is -2.03. The van der Waals surface area contributed by atoms with Gasteiger partial charge in [-0.25, -0.2) is 19.5 Å². The van der Waals surface area contributed by atoms with E-state index < -0.39 is 40.2 Å². The SMILES string of the molecule is CC(C)(C)OC(=O)N(C(=O)O)C(C)(C)Cc1ccc(C(F)(F)F)c(Cl)n1. The van der Waals surface area contributed by atoms with Crippen LogP contribution in [0.2, 0.25) is 5.15 Å². The van der Waals surface area contributed by atoms with Gasteiger partial charge in [0.15, 0.2) is 0 Å². The van der Waals surface area contributed by atoms with E-state index in [2.05, 4.69) is 4.98 Å². The maximum Gasteiger partial charge on any atom is 0.420 e. The van der Waals surface area contributed by atoms with Gasteiger partial charge in [-0.05, 0) is 46.8 Å². The number of carbonyl (C=O) groups excluding carboxylic acids is 1. The van der Waals surface area contributed by atoms with Crippen LogP contribution in [0.4, 0.5) is 22.8 Å². The lowest BCUT2D eigenvalue weighted by Gasteiger charge is -2.35. The van der Waals surface area contributed by atoms with E-state index in [9.17, 15) is 27.9 Å². The topological polar surface area (TPSA) is 79.7 Å². The largest absolute Gasteiger partial charge is 0.465 e. The molecule has 0 fully saturated rings. The number of ether oxygens (including phenoxy) is 1. The number of halogens is 4. The number of aromatic nitrogens is 1. The molecule has 0 saturated heterocycles. The zero-order valence-electron chi connectivity index (χ0n) is 14.9. The minimum atomic E-state index is -4.65. The molecule has 1 heterocycles. The molecule has 0 unspecified atom stereocenters. The molecule has 26 heavy (non-hydrogen) atoms. The fourth-order valence-electron chi connectivity index (χ4n) is 2.20. The minimum absolute atomic E-state index is 0.0998. The molecule has 2 amide bonds. The summed E-state index contributed by atoms with van der Waals surface area (Å²) in [7, 11) is 0. The van der Waals surface area contributed by atoms with Gasteiger partial charge in [0, 0.05) is 12.1 Å². The Morgan fingerprint density at radius 2 is 1.73 bits per heavy atom. The van der Waals surface area contributed by atoms with Crippen LogP contribution in [-0.4, -0.2) is 38.3 Å². The van der Waals surface area contributed by atoms with Crippen molar-refractivity contribution in [3.63, 3.8) is 0 Å². The fourth-order valence-corrected chi connectivity index (χ4v) is 2.47. The summed E-state index contributed by atoms with van der Waals surface area (Å²) in [5.74, 6) is 0. The molecule has 6 nitrogen and oxygen atoms in total. The first-order chi connectivity index (χ1) is 11.5. The minimum Gasteiger partial charge on any atom is -0.465 e. The van der Waals surface area contributed by atoms with Crippen LogP contribution in [0.5, 0.6) is 0 Å². The number of pyridine rings is 1. The third kappa shape index (κ3) is 5.76. The highest BCUT2D eigenvalue weighted by molar-refractivity contribution is 6.30. The lowest BCUT2D eigenvalue weighted by atomic mass is 9.96. The number of rotatable bonds is 3. The lowest BCUT2D eigenvalue weighted by molar-refractivity contribution is -0.137. The van der Waals surface area contributed by atoms with Crippen molar-refractivity contribution in [1.29, 1.82) is 0 Å². The zero-order chi connectivity index (χ0) is 20.5. The van der Waals surface area contributed by atoms with E-state index in [1.165, 1.54) is 13.8 Å². The smallest absolute Gasteiger partial charge is 0.420 e. The molecule has 0 aliphatic carbocycles. The van der Waals surface area contributed by atoms with Crippen LogP contribution in [0.3, 0.4) is 0 Å². The molecule has 0 atom stereocenters. The standard InChI is InChI=1S/C16H20ClF3N2O4/c1-14(2,3)26-13(25)22(12(23)24)15(4,5)8-9-6-7-10(11(17)21-9)16(18,19)20/h6-7H,8H2,1-5H3,(H,23,24). The lowest BCUT2D eigenvalue weighted by Crippen LogP contribution is -2.53. The molecule has 0 spiro atoms. The van der Waals surface area contributed by atoms with Crippen LogP contribution >= 0.6 is 11.6 Å². The van der Waals surface area contributed by atoms with Gasteiger partial charge in [-0.15, -0.1) is 0 Å². The van der Waals surface area contributed by atoms with Crippen molar-refractivity contribution < 1.29 is 32.6 Å². The summed E-state index contributed by atoms with van der Waals surface area (Å²) in [6.07, 6.45) is -7.45. The van der Waals surface area contributed by atoms with E-state index in [0.717, 1.165) is 12.1 Å². The average Bonchev–Trinajstić information content (AvgIpc) is 2.32. The monoisotopic (exact) mass is 396 g/mol. The van der Waals surface area contributed by atoms with Crippen LogP contribution in [0, 0.1) is 0 Å². The van der Waals surface area contributed by atoms with Gasteiger partial charge >= 0.3 is 18.4 Å². The summed E-state index contributed by atoms with van der Waals surface area (Å²) in [4.78, 5) is 27.9. The van der Waals surface area contributed by atoms with Gasteiger partial charge in [-0.3, -0.25) is 0 Å². The number of carbonyl (C=O) groups is 2. The van der Waals surface area contributed by atoms with Crippen LogP contribution in [0.25, 0.3) is 0 Å². The second-order valence-electron chi connectivity index (χ2n) is 7.23. The van der Waals surface area contributed by atoms with Crippen molar-refractivity contribution in [1.82, 2.24) is 9.88 Å². The van der Waals surface area contributed by atoms with Crippen molar-refractivity contribution in [3.05, 3.63) is 28.5 Å². The summed E-state index contributed by atoms with van der Waals surface area (Å²) < 4.78 is 43.3. The van der Waals surface area contributed by atoms with E-state index in [1.807, 2.05) is 0 Å². The maximum absolute atomic E-state index is 12.7. The molecular weight excluding hydrogens is 377 g/mol. The van der Waals surface area contributed by atoms with E-state index >= 15 is 0 Å². The summed E-state index contributed by atoms with van der Waals surface area (Å²) in [5, 5.41) is 8.64. The second kappa shape index (κ2) is 7.30. The van der Waals surface area contributed by atoms with E-state index in [-0.39, 0.29) is 12.1 Å². The van der Waals surface area contributed by atoms with Crippen LogP contribution < -0.4 is 0 Å². The van der Waals surface area contributed by atoms with E-state index in [4.69, 9.17) is 16.3 Å². The molecule has 10 heteroatoms. The molecule has 0 aliphatic heterocycles. The average molecular weight is 397 g/mol. The Kier molecular flexibility index (Phi) is 6.18. The Morgan fingerprint density at radius 3 is 2.12 bits per heavy atom. The van der Waals surface area contributed by atoms with Crippen molar-refractivity contribution >= 4 is 23.8 Å². The van der Waals surface area contributed by atoms with Crippen molar-refractivity contribution in [2.45, 2.75) is 58.4 Å². The van der Waals surface area contributed by atoms with Gasteiger partial charge in [0.2, 0.25) is 0 Å². The molecule has 0 saturated carbocycles. The van der Waals surface area contributed by atoms with Crippen LogP contribution in [0.1, 0.15) is 45.9 Å². The molecule has 1 aromatic heterocycles. The highest BCUT2D eigenvalue weighted by Crippen LogP contribution is 2.34. The number of imide groups is 1. The first-order valence-electron chi connectivity index (χ1n) is 7.53. The summed E-state index contributed by atoms with van der Waals surface area (Å²) in [6.45, 7) is 7.59. The van der Waals surface area contributed by atoms with Crippen molar-refractivity contribution in [2.75, 3.05) is 0 Å². The normalized spacial score (nSPS) is 12.7. The molecule has 0 aliphatic rings. The summed E-state index contributed by atoms with van der Waals surface area (Å²) >= 11 is 5.58. The summed E-state index contributed by atoms with van der Waals surface area (Å²) in [6, 6.07) is 1.85. The Bertz CT molecular complexity index is 700. The number of amides is 2. The Morgan fingerprint density at radius 1 is 1.19 bits per heavy atom. The third-order valence-electron chi connectivity index (χ3n) is 3.20. The first-order valence-corrected chi connectivity index (χ1v) is 7.91. The predicted molar refractivity (Wildman–Crippen MR) is 88.1 cm³/mol. The molecule has 1 aromatic rings. The molecule has 0 radical (unpaired) electrons. The molecular formula is C16H20ClF3N2O4. The summed E-state index contributed by atoms with van der Waals surface area (Å²) in [5.41, 5.74) is -3.26. The third-order valence-corrected chi connectivity index (χ3v) is 3.49. The van der Waals surface area contributed by atoms with E-state index in [0.29, 0.717) is 4.90 Å². The number of carboxylic acid groups (broad SMARTS) is 1. The fraction of sp³-hybridized carbons (Fsp3) is 0.562. The molecule has 0 aromatic carbocycles. The van der Waals surface area contributed by atoms with Gasteiger partial charge in [0.25, 0.3) is 0 Å². The predicted octanol–water partition coefficient (Wildman–Crippen LogP) is 4.99. The highest BCUT2D eigenvalue weighted by Gasteiger charge is 2.40. The van der Waals surface area contributed by atoms with Gasteiger partial charge in [-0.2, -0.15) is 13.2 Å². The Labute approximate surface area is 153 Å². The molecule has 0 bridgehead atoms. The van der Waals surface area contributed by atoms with Gasteiger partial charge in [-0.1, -0.05) is 11.6 Å². The molecule has 146 valence electrons. The highest BCUT2D eigenvalue weighted by atomic mass is 35.5. The zero-order valence-corrected chi connectivity index (χ0v) is 15.7. The second-order valence-corrected chi connectivity index (χ2v) is 7.58. The van der Waals surface area contributed by atoms with Gasteiger partial charge in [0.1, 0.15) is 10.8 Å². The molecule has 1 rings (SSSR count). The van der Waals surface area contributed by atoms with Crippen molar-refractivity contribution in [2.24, 2.45) is 0 Å². The van der Waals surface area contributed by atoms with Crippen molar-refractivity contribution in [3.8, 4) is 0 Å². The Balaban J connectivity index is 3.13. The van der Waals surface area contributed by atoms with Gasteiger partial charge < -0.3 is 9.84 Å². The quantitative estimate of drug-likeness (QED) is 0.728. The maximum atomic E-state index is 12.7. The number of alkyl halides is 3. The van der Waals surface area contributed by atoms with Crippen LogP contribution in [0.15, 0.2) is 12.1 Å². The van der Waals surface area contributed by atoms with Crippen LogP contribution in [-0.2, 0) is 17.3 Å². The van der Waals surface area contributed by atoms with Gasteiger partial charge in [0.05, 0.1) is 11.1 Å². The first kappa shape index (κ1) is 22.0. The number of nitrogens with zero attached hydrogens (tertiary/aromatic N) is 2. The van der Waals surface area contributed by atoms with E-state index in [1.54, 1.807) is 20.8 Å². The molecule has 1 N–H and O–H groups in total. The number of hydrogen-bond acceptors (Lipinski definition) is 4.